The number of carbonyl (C=O) groups is 2. The molecule has 0 atom stereocenters. The van der Waals surface area contributed by atoms with E-state index in [1.807, 2.05) is 38.6 Å². The summed E-state index contributed by atoms with van der Waals surface area (Å²) in [5, 5.41) is 0.804. The van der Waals surface area contributed by atoms with Crippen LogP contribution < -0.4 is 0 Å². The predicted octanol–water partition coefficient (Wildman–Crippen LogP) is 5.12. The van der Waals surface area contributed by atoms with Crippen molar-refractivity contribution in [3.63, 3.8) is 0 Å². The molecule has 1 aliphatic carbocycles. The fraction of sp³-hybridized carbons (Fsp3) is 0.345. The number of amides is 2. The van der Waals surface area contributed by atoms with E-state index < -0.39 is 0 Å². The van der Waals surface area contributed by atoms with Crippen LogP contribution in [0, 0.1) is 5.82 Å². The summed E-state index contributed by atoms with van der Waals surface area (Å²) < 4.78 is 19.1. The number of pyridine rings is 1. The number of nitrogens with zero attached hydrogens (tertiary/aromatic N) is 5. The van der Waals surface area contributed by atoms with E-state index in [1.54, 1.807) is 18.3 Å². The van der Waals surface area contributed by atoms with Gasteiger partial charge in [-0.1, -0.05) is 6.07 Å². The molecule has 2 amide bonds. The molecule has 8 heteroatoms. The van der Waals surface area contributed by atoms with Gasteiger partial charge in [0.05, 0.1) is 17.4 Å². The minimum absolute atomic E-state index is 0.0436. The molecule has 0 unspecified atom stereocenters. The van der Waals surface area contributed by atoms with Gasteiger partial charge in [-0.05, 0) is 61.1 Å². The van der Waals surface area contributed by atoms with Crippen molar-refractivity contribution >= 4 is 39.5 Å². The van der Waals surface area contributed by atoms with Crippen LogP contribution in [0.5, 0.6) is 0 Å². The van der Waals surface area contributed by atoms with Gasteiger partial charge in [0.1, 0.15) is 11.5 Å². The van der Waals surface area contributed by atoms with Gasteiger partial charge in [0, 0.05) is 68.1 Å². The molecule has 1 fully saturated rings. The second-order valence-electron chi connectivity index (χ2n) is 10.3. The Morgan fingerprint density at radius 2 is 1.84 bits per heavy atom. The number of fused-ring (bicyclic) bond motifs is 1. The van der Waals surface area contributed by atoms with Gasteiger partial charge in [-0.2, -0.15) is 0 Å². The van der Waals surface area contributed by atoms with E-state index in [9.17, 15) is 9.59 Å². The molecule has 1 saturated heterocycles. The summed E-state index contributed by atoms with van der Waals surface area (Å²) in [6.07, 6.45) is 10.0. The number of likely N-dealkylation sites (tertiary alicyclic amines) is 1. The lowest BCUT2D eigenvalue weighted by atomic mass is 9.98. The quantitative estimate of drug-likeness (QED) is 0.386. The predicted molar refractivity (Wildman–Crippen MR) is 139 cm³/mol. The number of rotatable bonds is 2. The van der Waals surface area contributed by atoms with E-state index in [2.05, 4.69) is 15.7 Å². The number of hydrogen-bond acceptors (Lipinski definition) is 3. The molecule has 0 saturated carbocycles. The highest BCUT2D eigenvalue weighted by atomic mass is 19.1. The molecule has 7 rings (SSSR count). The SMILES string of the molecule is O=C1CCC(c2cn3c4c(cc(F)cc24)CN(C(=O)N2CCCCC2)CC3)=C1c1cnc2ccccn12. The first-order chi connectivity index (χ1) is 18.1. The van der Waals surface area contributed by atoms with Crippen LogP contribution in [-0.4, -0.2) is 55.2 Å². The first-order valence-corrected chi connectivity index (χ1v) is 13.1. The second-order valence-corrected chi connectivity index (χ2v) is 10.3. The summed E-state index contributed by atoms with van der Waals surface area (Å²) in [7, 11) is 0. The maximum atomic E-state index is 15.0. The number of aromatic nitrogens is 3. The molecular weight excluding hydrogens is 469 g/mol. The minimum Gasteiger partial charge on any atom is -0.345 e. The Morgan fingerprint density at radius 3 is 2.70 bits per heavy atom. The second kappa shape index (κ2) is 8.57. The van der Waals surface area contributed by atoms with E-state index in [0.29, 0.717) is 38.0 Å². The largest absolute Gasteiger partial charge is 0.345 e. The number of piperidine rings is 1. The van der Waals surface area contributed by atoms with E-state index >= 15 is 4.39 Å². The van der Waals surface area contributed by atoms with Crippen molar-refractivity contribution in [2.24, 2.45) is 0 Å². The van der Waals surface area contributed by atoms with Gasteiger partial charge in [-0.15, -0.1) is 0 Å². The van der Waals surface area contributed by atoms with Crippen LogP contribution in [0.4, 0.5) is 9.18 Å². The summed E-state index contributed by atoms with van der Waals surface area (Å²) in [5.41, 5.74) is 5.84. The Hall–Kier alpha value is -3.94. The summed E-state index contributed by atoms with van der Waals surface area (Å²) in [6.45, 7) is 3.15. The van der Waals surface area contributed by atoms with Crippen molar-refractivity contribution in [1.29, 1.82) is 0 Å². The van der Waals surface area contributed by atoms with Crippen molar-refractivity contribution in [2.45, 2.75) is 45.2 Å². The smallest absolute Gasteiger partial charge is 0.320 e. The lowest BCUT2D eigenvalue weighted by Gasteiger charge is -2.32. The van der Waals surface area contributed by atoms with E-state index in [4.69, 9.17) is 0 Å². The molecule has 0 bridgehead atoms. The van der Waals surface area contributed by atoms with E-state index in [-0.39, 0.29) is 17.6 Å². The molecule has 3 aliphatic rings. The van der Waals surface area contributed by atoms with Crippen LogP contribution in [0.1, 0.15) is 48.9 Å². The average molecular weight is 498 g/mol. The maximum Gasteiger partial charge on any atom is 0.320 e. The number of imidazole rings is 1. The highest BCUT2D eigenvalue weighted by molar-refractivity contribution is 6.31. The monoisotopic (exact) mass is 497 g/mol. The van der Waals surface area contributed by atoms with Crippen LogP contribution in [0.3, 0.4) is 0 Å². The van der Waals surface area contributed by atoms with Gasteiger partial charge in [0.15, 0.2) is 5.78 Å². The number of urea groups is 1. The Bertz CT molecular complexity index is 1610. The topological polar surface area (TPSA) is 62.9 Å². The third-order valence-corrected chi connectivity index (χ3v) is 8.07. The number of benzene rings is 1. The van der Waals surface area contributed by atoms with Gasteiger partial charge in [-0.3, -0.25) is 9.20 Å². The molecular formula is C29H28FN5O2. The zero-order chi connectivity index (χ0) is 25.1. The van der Waals surface area contributed by atoms with Crippen LogP contribution in [-0.2, 0) is 17.9 Å². The maximum absolute atomic E-state index is 15.0. The Morgan fingerprint density at radius 1 is 0.973 bits per heavy atom. The number of allylic oxidation sites excluding steroid dienone is 2. The average Bonchev–Trinajstić information content (AvgIpc) is 3.57. The normalized spacial score (nSPS) is 18.4. The first kappa shape index (κ1) is 22.3. The number of hydrogen-bond donors (Lipinski definition) is 0. The summed E-state index contributed by atoms with van der Waals surface area (Å²) in [5.74, 6) is -0.237. The van der Waals surface area contributed by atoms with Crippen molar-refractivity contribution in [3.05, 3.63) is 71.6 Å². The van der Waals surface area contributed by atoms with Crippen LogP contribution in [0.25, 0.3) is 27.7 Å². The lowest BCUT2D eigenvalue weighted by molar-refractivity contribution is -0.113. The van der Waals surface area contributed by atoms with Crippen molar-refractivity contribution in [2.75, 3.05) is 19.6 Å². The summed E-state index contributed by atoms with van der Waals surface area (Å²) in [4.78, 5) is 34.7. The van der Waals surface area contributed by atoms with Crippen molar-refractivity contribution in [3.8, 4) is 0 Å². The zero-order valence-electron chi connectivity index (χ0n) is 20.6. The molecule has 5 heterocycles. The van der Waals surface area contributed by atoms with Gasteiger partial charge >= 0.3 is 6.03 Å². The van der Waals surface area contributed by atoms with Crippen LogP contribution >= 0.6 is 0 Å². The van der Waals surface area contributed by atoms with Gasteiger partial charge < -0.3 is 14.4 Å². The standard InChI is InChI=1S/C29H28FN5O2/c30-20-14-19-17-34(29(37)32-9-3-1-4-10-32)13-12-33-18-23(22(15-20)28(19)33)21-7-8-25(36)27(21)24-16-31-26-6-2-5-11-35(24)26/h2,5-6,11,14-16,18H,1,3-4,7-10,12-13,17H2. The Kier molecular flexibility index (Phi) is 5.16. The highest BCUT2D eigenvalue weighted by Crippen LogP contribution is 2.42. The van der Waals surface area contributed by atoms with Crippen LogP contribution in [0.2, 0.25) is 0 Å². The molecule has 37 heavy (non-hydrogen) atoms. The number of carbonyl (C=O) groups excluding carboxylic acids is 2. The van der Waals surface area contributed by atoms with Crippen molar-refractivity contribution in [1.82, 2.24) is 23.8 Å². The summed E-state index contributed by atoms with van der Waals surface area (Å²) >= 11 is 0. The lowest BCUT2D eigenvalue weighted by Crippen LogP contribution is -2.45. The molecule has 4 aromatic rings. The third kappa shape index (κ3) is 3.57. The highest BCUT2D eigenvalue weighted by Gasteiger charge is 2.32. The summed E-state index contributed by atoms with van der Waals surface area (Å²) in [6, 6.07) is 8.95. The molecule has 0 radical (unpaired) electrons. The van der Waals surface area contributed by atoms with Crippen molar-refractivity contribution < 1.29 is 14.0 Å². The zero-order valence-corrected chi connectivity index (χ0v) is 20.6. The fourth-order valence-electron chi connectivity index (χ4n) is 6.33. The number of halogens is 1. The Labute approximate surface area is 213 Å². The van der Waals surface area contributed by atoms with E-state index in [0.717, 1.165) is 71.3 Å². The van der Waals surface area contributed by atoms with Gasteiger partial charge in [0.25, 0.3) is 0 Å². The molecule has 2 aliphatic heterocycles. The number of ketones is 1. The van der Waals surface area contributed by atoms with Gasteiger partial charge in [0.2, 0.25) is 0 Å². The van der Waals surface area contributed by atoms with E-state index in [1.165, 1.54) is 0 Å². The fourth-order valence-corrected chi connectivity index (χ4v) is 6.33. The molecule has 7 nitrogen and oxygen atoms in total. The molecule has 3 aromatic heterocycles. The number of Topliss-reactive ketones (excluding diaryl/α,β-unsaturated/α-hetero) is 1. The Balaban J connectivity index is 1.34. The molecule has 188 valence electrons. The molecule has 1 aromatic carbocycles. The minimum atomic E-state index is -0.324. The molecule has 0 spiro atoms. The molecule has 0 N–H and O–H groups in total. The third-order valence-electron chi connectivity index (χ3n) is 8.07. The first-order valence-electron chi connectivity index (χ1n) is 13.1. The van der Waals surface area contributed by atoms with Crippen LogP contribution in [0.15, 0.2) is 48.9 Å². The van der Waals surface area contributed by atoms with Gasteiger partial charge in [-0.25, -0.2) is 14.2 Å².